The van der Waals surface area contributed by atoms with Gasteiger partial charge in [-0.2, -0.15) is 0 Å². The Labute approximate surface area is 338 Å². The molecule has 2 aromatic heterocycles. The number of nitrogens with zero attached hydrogens (tertiary/aromatic N) is 1. The van der Waals surface area contributed by atoms with E-state index in [4.69, 9.17) is 25.8 Å². The van der Waals surface area contributed by atoms with Gasteiger partial charge in [0.1, 0.15) is 28.3 Å². The molecule has 59 heavy (non-hydrogen) atoms. The topological polar surface area (TPSA) is 114 Å². The molecule has 1 aliphatic rings. The van der Waals surface area contributed by atoms with Crippen molar-refractivity contribution >= 4 is 87.4 Å². The number of nitro groups is 1. The number of fused-ring (bicyclic) bond motifs is 14. The maximum Gasteiger partial charge on any atom is 0.452 e. The predicted octanol–water partition coefficient (Wildman–Crippen LogP) is 14.9. The number of nitro benzene ring substituents is 1. The molecule has 0 amide bonds. The summed E-state index contributed by atoms with van der Waals surface area (Å²) in [6.07, 6.45) is 0.623. The van der Waals surface area contributed by atoms with Crippen LogP contribution in [0.1, 0.15) is 29.7 Å². The van der Waals surface area contributed by atoms with Gasteiger partial charge >= 0.3 is 16.5 Å². The summed E-state index contributed by atoms with van der Waals surface area (Å²) in [6.45, 7) is 2.13. The fourth-order valence-corrected chi connectivity index (χ4v) is 10.5. The van der Waals surface area contributed by atoms with Gasteiger partial charge in [0.2, 0.25) is 0 Å². The quantitative estimate of drug-likeness (QED) is 0.120. The molecule has 2 heterocycles. The van der Waals surface area contributed by atoms with Crippen molar-refractivity contribution in [1.29, 1.82) is 0 Å². The lowest BCUT2D eigenvalue weighted by Gasteiger charge is -2.23. The summed E-state index contributed by atoms with van der Waals surface area (Å²) < 4.78 is 39.6. The first-order valence-corrected chi connectivity index (χ1v) is 21.4. The van der Waals surface area contributed by atoms with E-state index in [2.05, 4.69) is 61.5 Å². The molecule has 0 radical (unpaired) electrons. The number of benzene rings is 8. The van der Waals surface area contributed by atoms with E-state index in [1.807, 2.05) is 78.9 Å². The third-order valence-corrected chi connectivity index (χ3v) is 13.3. The summed E-state index contributed by atoms with van der Waals surface area (Å²) in [5.41, 5.74) is 5.53. The summed E-state index contributed by atoms with van der Waals surface area (Å²) in [5, 5.41) is 21.2. The van der Waals surface area contributed by atoms with Crippen molar-refractivity contribution in [2.75, 3.05) is 0 Å². The van der Waals surface area contributed by atoms with Gasteiger partial charge in [-0.15, -0.1) is 0 Å². The van der Waals surface area contributed by atoms with E-state index in [0.717, 1.165) is 65.4 Å². The summed E-state index contributed by atoms with van der Waals surface area (Å²) in [4.78, 5) is 11.7. The molecule has 9 nitrogen and oxygen atoms in total. The largest absolute Gasteiger partial charge is 0.452 e. The molecular formula is C48H33NO8P2. The molecule has 0 N–H and O–H groups in total. The molecule has 2 atom stereocenters. The highest BCUT2D eigenvalue weighted by atomic mass is 31.1. The van der Waals surface area contributed by atoms with Crippen molar-refractivity contribution in [2.45, 2.75) is 25.9 Å². The smallest absolute Gasteiger partial charge is 0.399 e. The van der Waals surface area contributed by atoms with Gasteiger partial charge in [-0.05, 0) is 73.6 Å². The zero-order chi connectivity index (χ0) is 39.6. The van der Waals surface area contributed by atoms with Crippen LogP contribution in [0.25, 0.3) is 76.4 Å². The molecule has 11 rings (SSSR count). The minimum atomic E-state index is -2.14. The first-order chi connectivity index (χ1) is 29.0. The van der Waals surface area contributed by atoms with Crippen LogP contribution in [0.2, 0.25) is 0 Å². The average molecular weight is 814 g/mol. The van der Waals surface area contributed by atoms with Gasteiger partial charge in [0.15, 0.2) is 0 Å². The van der Waals surface area contributed by atoms with Gasteiger partial charge in [0.05, 0.1) is 17.6 Å². The van der Waals surface area contributed by atoms with Crippen LogP contribution in [0, 0.1) is 10.1 Å². The highest BCUT2D eigenvalue weighted by Crippen LogP contribution is 2.49. The van der Waals surface area contributed by atoms with Crippen molar-refractivity contribution in [2.24, 2.45) is 0 Å². The summed E-state index contributed by atoms with van der Waals surface area (Å²) in [7, 11) is -4.15. The lowest BCUT2D eigenvalue weighted by molar-refractivity contribution is -0.384. The van der Waals surface area contributed by atoms with Crippen molar-refractivity contribution in [3.05, 3.63) is 179 Å². The maximum absolute atomic E-state index is 12.1. The number of hydrogen-bond acceptors (Lipinski definition) is 8. The summed E-state index contributed by atoms with van der Waals surface area (Å²) in [5.74, 6) is 1.12. The molecule has 11 heteroatoms. The number of non-ortho nitro benzene ring substituents is 1. The van der Waals surface area contributed by atoms with Gasteiger partial charge in [-0.3, -0.25) is 14.6 Å². The Morgan fingerprint density at radius 1 is 0.627 bits per heavy atom. The van der Waals surface area contributed by atoms with E-state index in [-0.39, 0.29) is 24.0 Å². The fraction of sp³-hybridized carbons (Fsp3) is 0.0833. The molecule has 0 spiro atoms. The normalized spacial score (nSPS) is 13.8. The SMILES string of the molecule is CC1Cc2op(Oc3cc([N+](=O)[O-])ccc3COp3oc4ccc5ccccc5c4c4c(ccc5ccccc54)o3)oc3ccc4ccccc4c3c2-c2ccccc21. The minimum Gasteiger partial charge on any atom is -0.399 e. The molecule has 8 aromatic carbocycles. The molecule has 2 unspecified atom stereocenters. The van der Waals surface area contributed by atoms with E-state index in [1.54, 1.807) is 6.07 Å². The highest BCUT2D eigenvalue weighted by Gasteiger charge is 2.28. The van der Waals surface area contributed by atoms with Crippen molar-refractivity contribution in [1.82, 2.24) is 0 Å². The molecule has 10 aromatic rings. The molecule has 0 saturated carbocycles. The van der Waals surface area contributed by atoms with Gasteiger partial charge in [-0.1, -0.05) is 122 Å². The Morgan fingerprint density at radius 3 is 1.80 bits per heavy atom. The average Bonchev–Trinajstić information content (AvgIpc) is 3.53. The molecule has 1 aliphatic carbocycles. The minimum absolute atomic E-state index is 0.0480. The van der Waals surface area contributed by atoms with Crippen LogP contribution in [0.15, 0.2) is 168 Å². The Morgan fingerprint density at radius 2 is 1.17 bits per heavy atom. The van der Waals surface area contributed by atoms with Crippen LogP contribution in [0.4, 0.5) is 5.69 Å². The van der Waals surface area contributed by atoms with E-state index in [1.165, 1.54) is 17.7 Å². The van der Waals surface area contributed by atoms with E-state index in [0.29, 0.717) is 28.7 Å². The first kappa shape index (κ1) is 35.4. The second-order valence-electron chi connectivity index (χ2n) is 14.7. The number of hydrogen-bond donors (Lipinski definition) is 0. The van der Waals surface area contributed by atoms with Crippen LogP contribution in [-0.2, 0) is 13.0 Å². The van der Waals surface area contributed by atoms with Crippen LogP contribution in [0.5, 0.6) is 5.75 Å². The lowest BCUT2D eigenvalue weighted by atomic mass is 9.81. The Balaban J connectivity index is 1.05. The van der Waals surface area contributed by atoms with Crippen molar-refractivity contribution in [3.8, 4) is 16.9 Å². The van der Waals surface area contributed by atoms with Crippen LogP contribution in [-0.4, -0.2) is 4.92 Å². The van der Waals surface area contributed by atoms with Gasteiger partial charge in [0, 0.05) is 39.8 Å². The predicted molar refractivity (Wildman–Crippen MR) is 235 cm³/mol. The van der Waals surface area contributed by atoms with Crippen LogP contribution >= 0.6 is 16.5 Å². The van der Waals surface area contributed by atoms with E-state index in [9.17, 15) is 10.1 Å². The fourth-order valence-electron chi connectivity index (χ4n) is 8.43. The lowest BCUT2D eigenvalue weighted by Crippen LogP contribution is -2.07. The van der Waals surface area contributed by atoms with Crippen LogP contribution in [0.3, 0.4) is 0 Å². The van der Waals surface area contributed by atoms with Crippen molar-refractivity contribution < 1.29 is 30.8 Å². The Bertz CT molecular complexity index is 3330. The van der Waals surface area contributed by atoms with Crippen LogP contribution < -0.4 is 9.05 Å². The zero-order valence-corrected chi connectivity index (χ0v) is 33.3. The summed E-state index contributed by atoms with van der Waals surface area (Å²) >= 11 is 0. The molecule has 0 aliphatic heterocycles. The van der Waals surface area contributed by atoms with Crippen molar-refractivity contribution in [3.63, 3.8) is 0 Å². The molecule has 0 bridgehead atoms. The maximum atomic E-state index is 12.1. The van der Waals surface area contributed by atoms with Gasteiger partial charge < -0.3 is 21.3 Å². The molecule has 288 valence electrons. The third-order valence-electron chi connectivity index (χ3n) is 11.2. The van der Waals surface area contributed by atoms with Gasteiger partial charge in [0.25, 0.3) is 5.69 Å². The second-order valence-corrected chi connectivity index (χ2v) is 16.8. The van der Waals surface area contributed by atoms with E-state index < -0.39 is 21.4 Å². The first-order valence-electron chi connectivity index (χ1n) is 19.3. The molecular weight excluding hydrogens is 780 g/mol. The summed E-state index contributed by atoms with van der Waals surface area (Å²) in [6, 6.07) is 49.4. The van der Waals surface area contributed by atoms with E-state index >= 15 is 0 Å². The monoisotopic (exact) mass is 813 g/mol. The van der Waals surface area contributed by atoms with Gasteiger partial charge in [-0.25, -0.2) is 0 Å². The molecule has 0 saturated heterocycles. The number of rotatable bonds is 6. The Hall–Kier alpha value is -6.76. The standard InChI is InChI=1S/C48H33NO8P2/c1-29-26-44-48(39-17-9-8-13-35(29)39)47-38-16-7-4-12-32(38)21-25-42(47)55-59(57-44)56-43-27-34(49(50)51)22-18-33(43)28-52-58-53-40-23-19-30-10-2-5-14-36(30)45(40)46-37-15-6-3-11-31(37)20-24-41(46)54-58/h2-25,27,29H,26,28H2,1H3. The molecule has 0 fully saturated rings. The highest BCUT2D eigenvalue weighted by molar-refractivity contribution is 7.32. The Kier molecular flexibility index (Phi) is 8.56. The second kappa shape index (κ2) is 14.3. The third kappa shape index (κ3) is 6.14. The zero-order valence-electron chi connectivity index (χ0n) is 31.5.